The van der Waals surface area contributed by atoms with Crippen LogP contribution in [0.15, 0.2) is 12.1 Å². The van der Waals surface area contributed by atoms with Crippen LogP contribution in [0, 0.1) is 18.6 Å². The summed E-state index contributed by atoms with van der Waals surface area (Å²) in [5.74, 6) is -1.94. The first-order valence-electron chi connectivity index (χ1n) is 6.43. The second-order valence-electron chi connectivity index (χ2n) is 4.72. The molecule has 112 valence electrons. The smallest absolute Gasteiger partial charge is 0.276 e. The highest BCUT2D eigenvalue weighted by Crippen LogP contribution is 2.22. The summed E-state index contributed by atoms with van der Waals surface area (Å²) in [5.41, 5.74) is 6.72. The van der Waals surface area contributed by atoms with E-state index in [9.17, 15) is 13.6 Å². The second kappa shape index (κ2) is 5.51. The number of carbonyl (C=O) groups is 1. The monoisotopic (exact) mass is 294 g/mol. The van der Waals surface area contributed by atoms with Gasteiger partial charge in [0.15, 0.2) is 0 Å². The molecule has 0 aliphatic rings. The largest absolute Gasteiger partial charge is 0.395 e. The first kappa shape index (κ1) is 15.0. The fraction of sp³-hybridized carbons (Fsp3) is 0.286. The van der Waals surface area contributed by atoms with Gasteiger partial charge in [-0.2, -0.15) is 5.10 Å². The minimum Gasteiger partial charge on any atom is -0.395 e. The van der Waals surface area contributed by atoms with E-state index in [1.165, 1.54) is 11.6 Å². The van der Waals surface area contributed by atoms with Gasteiger partial charge in [0, 0.05) is 13.1 Å². The predicted molar refractivity (Wildman–Crippen MR) is 76.0 cm³/mol. The summed E-state index contributed by atoms with van der Waals surface area (Å²) < 4.78 is 28.5. The zero-order valence-electron chi connectivity index (χ0n) is 12.0. The third-order valence-corrected chi connectivity index (χ3v) is 3.21. The molecule has 0 radical (unpaired) electrons. The van der Waals surface area contributed by atoms with Crippen LogP contribution in [0.3, 0.4) is 0 Å². The van der Waals surface area contributed by atoms with E-state index in [1.54, 1.807) is 7.05 Å². The lowest BCUT2D eigenvalue weighted by atomic mass is 10.2. The summed E-state index contributed by atoms with van der Waals surface area (Å²) in [6, 6.07) is 1.96. The third-order valence-electron chi connectivity index (χ3n) is 3.21. The molecule has 0 saturated carbocycles. The lowest BCUT2D eigenvalue weighted by Gasteiger charge is -2.08. The molecule has 0 aliphatic carbocycles. The SMILES string of the molecule is CCc1nn(C)c(C(=O)Nc2cc(F)c(C)cc2F)c1N. The Morgan fingerprint density at radius 1 is 1.38 bits per heavy atom. The van der Waals surface area contributed by atoms with Gasteiger partial charge in [-0.25, -0.2) is 8.78 Å². The maximum atomic E-state index is 13.7. The van der Waals surface area contributed by atoms with Gasteiger partial charge in [-0.15, -0.1) is 0 Å². The highest BCUT2D eigenvalue weighted by Gasteiger charge is 2.20. The summed E-state index contributed by atoms with van der Waals surface area (Å²) in [7, 11) is 1.57. The molecule has 3 N–H and O–H groups in total. The molecule has 7 heteroatoms. The Labute approximate surface area is 120 Å². The van der Waals surface area contributed by atoms with E-state index >= 15 is 0 Å². The molecule has 0 saturated heterocycles. The van der Waals surface area contributed by atoms with Crippen molar-refractivity contribution in [2.45, 2.75) is 20.3 Å². The average molecular weight is 294 g/mol. The predicted octanol–water partition coefficient (Wildman–Crippen LogP) is 2.40. The molecule has 0 bridgehead atoms. The van der Waals surface area contributed by atoms with E-state index in [0.29, 0.717) is 12.1 Å². The number of rotatable bonds is 3. The Morgan fingerprint density at radius 2 is 2.05 bits per heavy atom. The fourth-order valence-corrected chi connectivity index (χ4v) is 2.05. The van der Waals surface area contributed by atoms with E-state index in [0.717, 1.165) is 12.1 Å². The number of anilines is 2. The molecule has 0 fully saturated rings. The maximum absolute atomic E-state index is 13.7. The van der Waals surface area contributed by atoms with E-state index in [-0.39, 0.29) is 22.6 Å². The Balaban J connectivity index is 2.35. The number of benzene rings is 1. The number of hydrogen-bond acceptors (Lipinski definition) is 3. The summed E-state index contributed by atoms with van der Waals surface area (Å²) in [6.07, 6.45) is 0.570. The first-order valence-corrected chi connectivity index (χ1v) is 6.43. The highest BCUT2D eigenvalue weighted by atomic mass is 19.1. The zero-order chi connectivity index (χ0) is 15.7. The summed E-state index contributed by atoms with van der Waals surface area (Å²) >= 11 is 0. The summed E-state index contributed by atoms with van der Waals surface area (Å²) in [6.45, 7) is 3.30. The van der Waals surface area contributed by atoms with Crippen LogP contribution in [0.25, 0.3) is 0 Å². The normalized spacial score (nSPS) is 10.7. The van der Waals surface area contributed by atoms with Crippen molar-refractivity contribution in [2.24, 2.45) is 7.05 Å². The van der Waals surface area contributed by atoms with E-state index < -0.39 is 17.5 Å². The number of carbonyl (C=O) groups excluding carboxylic acids is 1. The van der Waals surface area contributed by atoms with E-state index in [1.807, 2.05) is 6.92 Å². The number of nitrogens with one attached hydrogen (secondary N) is 1. The molecule has 1 amide bonds. The lowest BCUT2D eigenvalue weighted by Crippen LogP contribution is -2.18. The topological polar surface area (TPSA) is 72.9 Å². The van der Waals surface area contributed by atoms with Crippen LogP contribution in [-0.2, 0) is 13.5 Å². The molecule has 2 rings (SSSR count). The lowest BCUT2D eigenvalue weighted by molar-refractivity contribution is 0.101. The number of halogens is 2. The molecule has 1 heterocycles. The van der Waals surface area contributed by atoms with Crippen molar-refractivity contribution < 1.29 is 13.6 Å². The van der Waals surface area contributed by atoms with Crippen molar-refractivity contribution in [1.82, 2.24) is 9.78 Å². The van der Waals surface area contributed by atoms with Crippen molar-refractivity contribution in [1.29, 1.82) is 0 Å². The standard InChI is InChI=1S/C14H16F2N4O/c1-4-10-12(17)13(20(3)19-10)14(21)18-11-6-8(15)7(2)5-9(11)16/h5-6H,4,17H2,1-3H3,(H,18,21). The molecule has 2 aromatic rings. The number of nitrogens with zero attached hydrogens (tertiary/aromatic N) is 2. The zero-order valence-corrected chi connectivity index (χ0v) is 12.0. The quantitative estimate of drug-likeness (QED) is 0.913. The van der Waals surface area contributed by atoms with Crippen LogP contribution < -0.4 is 11.1 Å². The number of hydrogen-bond donors (Lipinski definition) is 2. The van der Waals surface area contributed by atoms with Crippen LogP contribution in [0.4, 0.5) is 20.2 Å². The van der Waals surface area contributed by atoms with Crippen molar-refractivity contribution >= 4 is 17.3 Å². The number of aryl methyl sites for hydroxylation is 3. The summed E-state index contributed by atoms with van der Waals surface area (Å²) in [5, 5.41) is 6.43. The number of aromatic nitrogens is 2. The molecule has 1 aromatic carbocycles. The minimum atomic E-state index is -0.710. The van der Waals surface area contributed by atoms with Gasteiger partial charge in [-0.1, -0.05) is 6.92 Å². The highest BCUT2D eigenvalue weighted by molar-refractivity contribution is 6.06. The Bertz CT molecular complexity index is 709. The molecule has 0 unspecified atom stereocenters. The van der Waals surface area contributed by atoms with Crippen molar-refractivity contribution in [3.8, 4) is 0 Å². The van der Waals surface area contributed by atoms with Crippen molar-refractivity contribution in [3.63, 3.8) is 0 Å². The minimum absolute atomic E-state index is 0.118. The summed E-state index contributed by atoms with van der Waals surface area (Å²) in [4.78, 5) is 12.2. The second-order valence-corrected chi connectivity index (χ2v) is 4.72. The molecule has 0 aliphatic heterocycles. The van der Waals surface area contributed by atoms with Gasteiger partial charge in [0.1, 0.15) is 17.3 Å². The maximum Gasteiger partial charge on any atom is 0.276 e. The number of amides is 1. The first-order chi connectivity index (χ1) is 9.85. The van der Waals surface area contributed by atoms with Crippen molar-refractivity contribution in [2.75, 3.05) is 11.1 Å². The van der Waals surface area contributed by atoms with Crippen LogP contribution in [0.2, 0.25) is 0 Å². The Kier molecular flexibility index (Phi) is 3.93. The van der Waals surface area contributed by atoms with Crippen molar-refractivity contribution in [3.05, 3.63) is 40.7 Å². The van der Waals surface area contributed by atoms with Gasteiger partial charge in [-0.3, -0.25) is 9.48 Å². The van der Waals surface area contributed by atoms with Crippen LogP contribution in [0.1, 0.15) is 28.7 Å². The molecular formula is C14H16F2N4O. The molecule has 0 atom stereocenters. The number of nitrogen functional groups attached to an aromatic ring is 1. The Morgan fingerprint density at radius 3 is 2.62 bits per heavy atom. The van der Waals surface area contributed by atoms with Crippen LogP contribution in [0.5, 0.6) is 0 Å². The molecule has 0 spiro atoms. The van der Waals surface area contributed by atoms with Gasteiger partial charge in [0.2, 0.25) is 0 Å². The fourth-order valence-electron chi connectivity index (χ4n) is 2.05. The Hall–Kier alpha value is -2.44. The third kappa shape index (κ3) is 2.72. The van der Waals surface area contributed by atoms with Crippen LogP contribution >= 0.6 is 0 Å². The van der Waals surface area contributed by atoms with E-state index in [4.69, 9.17) is 5.73 Å². The van der Waals surface area contributed by atoms with Gasteiger partial charge in [-0.05, 0) is 25.0 Å². The molecule has 21 heavy (non-hydrogen) atoms. The van der Waals surface area contributed by atoms with Crippen LogP contribution in [-0.4, -0.2) is 15.7 Å². The van der Waals surface area contributed by atoms with Gasteiger partial charge < -0.3 is 11.1 Å². The average Bonchev–Trinajstić information content (AvgIpc) is 2.70. The molecule has 5 nitrogen and oxygen atoms in total. The van der Waals surface area contributed by atoms with Gasteiger partial charge >= 0.3 is 0 Å². The number of nitrogens with two attached hydrogens (primary N) is 1. The molecular weight excluding hydrogens is 278 g/mol. The van der Waals surface area contributed by atoms with E-state index in [2.05, 4.69) is 10.4 Å². The van der Waals surface area contributed by atoms with Gasteiger partial charge in [0.25, 0.3) is 5.91 Å². The molecule has 1 aromatic heterocycles. The van der Waals surface area contributed by atoms with Gasteiger partial charge in [0.05, 0.1) is 17.1 Å².